The number of rotatable bonds is 2. The van der Waals surface area contributed by atoms with Gasteiger partial charge >= 0.3 is 0 Å². The second-order valence-electron chi connectivity index (χ2n) is 15.5. The normalized spacial score (nSPS) is 12.6. The Morgan fingerprint density at radius 3 is 1.54 bits per heavy atom. The van der Waals surface area contributed by atoms with Crippen LogP contribution in [0.15, 0.2) is 179 Å². The van der Waals surface area contributed by atoms with Gasteiger partial charge in [0.05, 0.1) is 0 Å². The SMILES string of the molecule is c1ccc2cc3c(ccc4c(-c5c6ccccc6c(-c6cc7ccc8oc9cccc%10c9c8c7c7c6oc6cccc-%10c67)c6ccccc56)cccc43)cc2c1. The van der Waals surface area contributed by atoms with E-state index < -0.39 is 0 Å². The molecule has 256 valence electrons. The Balaban J connectivity index is 1.13. The van der Waals surface area contributed by atoms with Gasteiger partial charge in [0.1, 0.15) is 22.3 Å². The lowest BCUT2D eigenvalue weighted by atomic mass is 9.83. The maximum absolute atomic E-state index is 7.09. The Kier molecular flexibility index (Phi) is 5.28. The van der Waals surface area contributed by atoms with Crippen LogP contribution in [0.3, 0.4) is 0 Å². The Morgan fingerprint density at radius 1 is 0.250 bits per heavy atom. The zero-order valence-corrected chi connectivity index (χ0v) is 30.0. The van der Waals surface area contributed by atoms with Gasteiger partial charge in [0.2, 0.25) is 0 Å². The van der Waals surface area contributed by atoms with E-state index in [4.69, 9.17) is 8.83 Å². The second kappa shape index (κ2) is 10.2. The third kappa shape index (κ3) is 3.53. The van der Waals surface area contributed by atoms with Crippen LogP contribution in [0.25, 0.3) is 142 Å². The van der Waals surface area contributed by atoms with E-state index in [-0.39, 0.29) is 0 Å². The van der Waals surface area contributed by atoms with Gasteiger partial charge in [0.25, 0.3) is 0 Å². The first-order valence-electron chi connectivity index (χ1n) is 19.3. The van der Waals surface area contributed by atoms with E-state index in [9.17, 15) is 0 Å². The van der Waals surface area contributed by atoms with Crippen LogP contribution >= 0.6 is 0 Å². The van der Waals surface area contributed by atoms with Crippen molar-refractivity contribution in [3.63, 3.8) is 0 Å². The summed E-state index contributed by atoms with van der Waals surface area (Å²) in [5.74, 6) is 0. The van der Waals surface area contributed by atoms with Crippen molar-refractivity contribution >= 4 is 109 Å². The predicted molar refractivity (Wildman–Crippen MR) is 236 cm³/mol. The van der Waals surface area contributed by atoms with Crippen molar-refractivity contribution in [3.05, 3.63) is 170 Å². The lowest BCUT2D eigenvalue weighted by molar-refractivity contribution is 0.669. The molecule has 0 unspecified atom stereocenters. The minimum atomic E-state index is 0.906. The molecule has 0 spiro atoms. The second-order valence-corrected chi connectivity index (χ2v) is 15.5. The first-order valence-corrected chi connectivity index (χ1v) is 19.3. The molecule has 0 saturated carbocycles. The van der Waals surface area contributed by atoms with Gasteiger partial charge in [-0.15, -0.1) is 0 Å². The third-order valence-electron chi connectivity index (χ3n) is 12.7. The number of furan rings is 2. The van der Waals surface area contributed by atoms with E-state index in [2.05, 4.69) is 170 Å². The molecule has 56 heavy (non-hydrogen) atoms. The maximum atomic E-state index is 7.09. The summed E-state index contributed by atoms with van der Waals surface area (Å²) in [6.45, 7) is 0. The van der Waals surface area contributed by atoms with Gasteiger partial charge in [-0.1, -0.05) is 133 Å². The van der Waals surface area contributed by atoms with E-state index >= 15 is 0 Å². The fourth-order valence-electron chi connectivity index (χ4n) is 10.5. The molecule has 0 aliphatic heterocycles. The third-order valence-corrected chi connectivity index (χ3v) is 12.7. The molecular weight excluding hydrogens is 681 g/mol. The molecule has 2 heterocycles. The van der Waals surface area contributed by atoms with Crippen LogP contribution in [0.2, 0.25) is 0 Å². The van der Waals surface area contributed by atoms with Gasteiger partial charge in [-0.05, 0) is 118 Å². The fourth-order valence-corrected chi connectivity index (χ4v) is 10.5. The first kappa shape index (κ1) is 29.0. The summed E-state index contributed by atoms with van der Waals surface area (Å²) in [4.78, 5) is 0. The van der Waals surface area contributed by atoms with Crippen LogP contribution in [-0.2, 0) is 0 Å². The molecule has 2 heteroatoms. The number of fused-ring (bicyclic) bond motifs is 7. The highest BCUT2D eigenvalue weighted by Gasteiger charge is 2.28. The van der Waals surface area contributed by atoms with Crippen molar-refractivity contribution in [2.24, 2.45) is 0 Å². The van der Waals surface area contributed by atoms with Gasteiger partial charge in [0, 0.05) is 38.1 Å². The van der Waals surface area contributed by atoms with Gasteiger partial charge in [-0.3, -0.25) is 0 Å². The molecule has 0 atom stereocenters. The molecule has 0 radical (unpaired) electrons. The van der Waals surface area contributed by atoms with Crippen LogP contribution < -0.4 is 0 Å². The zero-order chi connectivity index (χ0) is 36.2. The Morgan fingerprint density at radius 2 is 0.804 bits per heavy atom. The molecule has 1 aliphatic carbocycles. The predicted octanol–water partition coefficient (Wildman–Crippen LogP) is 15.7. The Hall–Kier alpha value is -7.42. The molecule has 14 rings (SSSR count). The molecule has 13 aromatic rings. The summed E-state index contributed by atoms with van der Waals surface area (Å²) in [6, 6.07) is 62.4. The summed E-state index contributed by atoms with van der Waals surface area (Å²) in [6.07, 6.45) is 0. The molecule has 0 bridgehead atoms. The summed E-state index contributed by atoms with van der Waals surface area (Å²) < 4.78 is 13.6. The zero-order valence-electron chi connectivity index (χ0n) is 30.0. The molecular formula is C54H28O2. The summed E-state index contributed by atoms with van der Waals surface area (Å²) in [7, 11) is 0. The molecule has 0 fully saturated rings. The van der Waals surface area contributed by atoms with Crippen LogP contribution in [0.5, 0.6) is 0 Å². The maximum Gasteiger partial charge on any atom is 0.143 e. The smallest absolute Gasteiger partial charge is 0.143 e. The van der Waals surface area contributed by atoms with E-state index in [0.717, 1.165) is 27.9 Å². The Bertz CT molecular complexity index is 3880. The summed E-state index contributed by atoms with van der Waals surface area (Å²) in [5, 5.41) is 19.5. The molecule has 0 N–H and O–H groups in total. The standard InChI is InChI=1S/C54H28O2/c1-2-11-30-27-42-31(26-29(30)10-1)22-24-34-33(42)16-7-17-35(34)48-36-12-3-5-14-38(36)49(39-15-6-4-13-37(39)48)43-28-32-23-25-46-52-47(32)53-51-41(19-9-21-45(51)56-54(43)53)40-18-8-20-44(55-46)50(40)52/h1-28H. The van der Waals surface area contributed by atoms with Crippen molar-refractivity contribution in [2.45, 2.75) is 0 Å². The average molecular weight is 709 g/mol. The topological polar surface area (TPSA) is 26.3 Å². The highest BCUT2D eigenvalue weighted by Crippen LogP contribution is 2.54. The first-order chi connectivity index (χ1) is 27.8. The van der Waals surface area contributed by atoms with Crippen molar-refractivity contribution in [1.82, 2.24) is 0 Å². The summed E-state index contributed by atoms with van der Waals surface area (Å²) >= 11 is 0. The highest BCUT2D eigenvalue weighted by molar-refractivity contribution is 6.39. The van der Waals surface area contributed by atoms with Crippen LogP contribution in [-0.4, -0.2) is 0 Å². The summed E-state index contributed by atoms with van der Waals surface area (Å²) in [5.41, 5.74) is 10.8. The lowest BCUT2D eigenvalue weighted by Gasteiger charge is -2.19. The fraction of sp³-hybridized carbons (Fsp3) is 0. The van der Waals surface area contributed by atoms with E-state index in [1.165, 1.54) is 114 Å². The lowest BCUT2D eigenvalue weighted by Crippen LogP contribution is -1.92. The molecule has 11 aromatic carbocycles. The monoisotopic (exact) mass is 708 g/mol. The largest absolute Gasteiger partial charge is 0.456 e. The van der Waals surface area contributed by atoms with Gasteiger partial charge in [-0.2, -0.15) is 0 Å². The van der Waals surface area contributed by atoms with E-state index in [0.29, 0.717) is 0 Å². The molecule has 2 nitrogen and oxygen atoms in total. The average Bonchev–Trinajstić information content (AvgIpc) is 3.80. The number of hydrogen-bond acceptors (Lipinski definition) is 2. The van der Waals surface area contributed by atoms with Crippen LogP contribution in [0.1, 0.15) is 0 Å². The van der Waals surface area contributed by atoms with E-state index in [1.807, 2.05) is 0 Å². The van der Waals surface area contributed by atoms with Crippen molar-refractivity contribution in [1.29, 1.82) is 0 Å². The van der Waals surface area contributed by atoms with Crippen molar-refractivity contribution in [2.75, 3.05) is 0 Å². The minimum absolute atomic E-state index is 0.906. The van der Waals surface area contributed by atoms with E-state index in [1.54, 1.807) is 0 Å². The van der Waals surface area contributed by atoms with Gasteiger partial charge < -0.3 is 8.83 Å². The minimum Gasteiger partial charge on any atom is -0.456 e. The Labute approximate surface area is 319 Å². The van der Waals surface area contributed by atoms with Crippen LogP contribution in [0, 0.1) is 0 Å². The van der Waals surface area contributed by atoms with Crippen molar-refractivity contribution in [3.8, 4) is 33.4 Å². The highest BCUT2D eigenvalue weighted by atomic mass is 16.3. The van der Waals surface area contributed by atoms with Gasteiger partial charge in [-0.25, -0.2) is 0 Å². The molecule has 0 amide bonds. The van der Waals surface area contributed by atoms with Gasteiger partial charge in [0.15, 0.2) is 0 Å². The van der Waals surface area contributed by atoms with Crippen LogP contribution in [0.4, 0.5) is 0 Å². The number of hydrogen-bond donors (Lipinski definition) is 0. The molecule has 1 aliphatic rings. The quantitative estimate of drug-likeness (QED) is 0.132. The number of benzene rings is 11. The molecule has 2 aromatic heterocycles. The molecule has 0 saturated heterocycles. The van der Waals surface area contributed by atoms with Crippen molar-refractivity contribution < 1.29 is 8.83 Å².